The smallest absolute Gasteiger partial charge is 0.335 e. The summed E-state index contributed by atoms with van der Waals surface area (Å²) in [7, 11) is 0. The summed E-state index contributed by atoms with van der Waals surface area (Å²) in [4.78, 5) is 13.3. The SMILES string of the molecule is O=C(O)c1ccc2c(c1)CCN2C1CCCCC1O. The maximum atomic E-state index is 11.0. The van der Waals surface area contributed by atoms with Crippen molar-refractivity contribution in [3.8, 4) is 0 Å². The van der Waals surface area contributed by atoms with Crippen molar-refractivity contribution >= 4 is 11.7 Å². The second kappa shape index (κ2) is 4.85. The van der Waals surface area contributed by atoms with Gasteiger partial charge >= 0.3 is 5.97 Å². The predicted molar refractivity (Wildman–Crippen MR) is 72.7 cm³/mol. The molecule has 4 nitrogen and oxygen atoms in total. The number of anilines is 1. The van der Waals surface area contributed by atoms with Crippen LogP contribution in [0.5, 0.6) is 0 Å². The molecule has 3 rings (SSSR count). The Morgan fingerprint density at radius 3 is 2.79 bits per heavy atom. The number of hydrogen-bond acceptors (Lipinski definition) is 3. The highest BCUT2D eigenvalue weighted by atomic mass is 16.4. The quantitative estimate of drug-likeness (QED) is 0.855. The number of carbonyl (C=O) groups is 1. The topological polar surface area (TPSA) is 60.8 Å². The van der Waals surface area contributed by atoms with Crippen molar-refractivity contribution in [3.63, 3.8) is 0 Å². The molecule has 1 aliphatic carbocycles. The minimum Gasteiger partial charge on any atom is -0.478 e. The molecule has 0 saturated heterocycles. The van der Waals surface area contributed by atoms with Crippen molar-refractivity contribution in [2.75, 3.05) is 11.4 Å². The van der Waals surface area contributed by atoms with E-state index in [1.165, 1.54) is 6.42 Å². The summed E-state index contributed by atoms with van der Waals surface area (Å²) in [6, 6.07) is 5.53. The zero-order valence-electron chi connectivity index (χ0n) is 10.9. The molecule has 2 N–H and O–H groups in total. The second-order valence-electron chi connectivity index (χ2n) is 5.51. The van der Waals surface area contributed by atoms with Crippen molar-refractivity contribution < 1.29 is 15.0 Å². The molecule has 1 fully saturated rings. The van der Waals surface area contributed by atoms with Gasteiger partial charge in [-0.3, -0.25) is 0 Å². The second-order valence-corrected chi connectivity index (χ2v) is 5.51. The number of benzene rings is 1. The first-order chi connectivity index (χ1) is 9.16. The number of fused-ring (bicyclic) bond motifs is 1. The molecule has 1 aliphatic heterocycles. The summed E-state index contributed by atoms with van der Waals surface area (Å²) >= 11 is 0. The molecule has 19 heavy (non-hydrogen) atoms. The number of carboxylic acid groups (broad SMARTS) is 1. The lowest BCUT2D eigenvalue weighted by atomic mass is 9.91. The van der Waals surface area contributed by atoms with Crippen molar-refractivity contribution in [3.05, 3.63) is 29.3 Å². The molecule has 1 aromatic carbocycles. The minimum absolute atomic E-state index is 0.200. The Morgan fingerprint density at radius 2 is 2.05 bits per heavy atom. The first-order valence-electron chi connectivity index (χ1n) is 6.98. The van der Waals surface area contributed by atoms with Crippen LogP contribution >= 0.6 is 0 Å². The van der Waals surface area contributed by atoms with Gasteiger partial charge in [0.05, 0.1) is 17.7 Å². The molecule has 0 radical (unpaired) electrons. The average molecular weight is 261 g/mol. The van der Waals surface area contributed by atoms with Gasteiger partial charge in [0.15, 0.2) is 0 Å². The normalized spacial score (nSPS) is 26.3. The molecule has 2 aliphatic rings. The fraction of sp³-hybridized carbons (Fsp3) is 0.533. The van der Waals surface area contributed by atoms with Crippen LogP contribution in [0.25, 0.3) is 0 Å². The molecule has 2 unspecified atom stereocenters. The first-order valence-corrected chi connectivity index (χ1v) is 6.98. The fourth-order valence-electron chi connectivity index (χ4n) is 3.36. The third kappa shape index (κ3) is 2.21. The summed E-state index contributed by atoms with van der Waals surface area (Å²) in [5.74, 6) is -0.876. The third-order valence-electron chi connectivity index (χ3n) is 4.35. The van der Waals surface area contributed by atoms with Crippen LogP contribution in [0.3, 0.4) is 0 Å². The highest BCUT2D eigenvalue weighted by Crippen LogP contribution is 2.35. The zero-order chi connectivity index (χ0) is 13.4. The third-order valence-corrected chi connectivity index (χ3v) is 4.35. The molecule has 4 heteroatoms. The van der Waals surface area contributed by atoms with Crippen molar-refractivity contribution in [2.45, 2.75) is 44.2 Å². The van der Waals surface area contributed by atoms with E-state index >= 15 is 0 Å². The molecule has 102 valence electrons. The van der Waals surface area contributed by atoms with E-state index in [-0.39, 0.29) is 12.1 Å². The Kier molecular flexibility index (Phi) is 3.19. The van der Waals surface area contributed by atoms with Gasteiger partial charge in [-0.25, -0.2) is 4.79 Å². The molecule has 0 spiro atoms. The number of nitrogens with zero attached hydrogens (tertiary/aromatic N) is 1. The number of aliphatic hydroxyl groups is 1. The highest BCUT2D eigenvalue weighted by molar-refractivity contribution is 5.88. The summed E-state index contributed by atoms with van der Waals surface area (Å²) in [5, 5.41) is 19.2. The monoisotopic (exact) mass is 261 g/mol. The number of carboxylic acids is 1. The van der Waals surface area contributed by atoms with Gasteiger partial charge in [0.1, 0.15) is 0 Å². The van der Waals surface area contributed by atoms with Crippen LogP contribution in [0, 0.1) is 0 Å². The van der Waals surface area contributed by atoms with Gasteiger partial charge in [0, 0.05) is 12.2 Å². The molecular weight excluding hydrogens is 242 g/mol. The zero-order valence-corrected chi connectivity index (χ0v) is 10.9. The average Bonchev–Trinajstić information content (AvgIpc) is 2.82. The van der Waals surface area contributed by atoms with E-state index in [4.69, 9.17) is 5.11 Å². The Labute approximate surface area is 112 Å². The lowest BCUT2D eigenvalue weighted by Gasteiger charge is -2.37. The molecule has 1 saturated carbocycles. The molecule has 1 aromatic rings. The summed E-state index contributed by atoms with van der Waals surface area (Å²) in [6.07, 6.45) is 4.81. The van der Waals surface area contributed by atoms with E-state index in [1.807, 2.05) is 6.07 Å². The van der Waals surface area contributed by atoms with Gasteiger partial charge in [0.25, 0.3) is 0 Å². The Morgan fingerprint density at radius 1 is 1.26 bits per heavy atom. The lowest BCUT2D eigenvalue weighted by molar-refractivity contribution is 0.0696. The van der Waals surface area contributed by atoms with Gasteiger partial charge in [-0.05, 0) is 43.0 Å². The van der Waals surface area contributed by atoms with Gasteiger partial charge in [0.2, 0.25) is 0 Å². The van der Waals surface area contributed by atoms with Gasteiger partial charge in [-0.15, -0.1) is 0 Å². The molecular formula is C15H19NO3. The van der Waals surface area contributed by atoms with E-state index in [1.54, 1.807) is 12.1 Å². The van der Waals surface area contributed by atoms with Crippen LogP contribution in [0.15, 0.2) is 18.2 Å². The molecule has 0 aromatic heterocycles. The number of aromatic carboxylic acids is 1. The Hall–Kier alpha value is -1.55. The maximum Gasteiger partial charge on any atom is 0.335 e. The van der Waals surface area contributed by atoms with E-state index < -0.39 is 5.97 Å². The predicted octanol–water partition coefficient (Wildman–Crippen LogP) is 2.05. The van der Waals surface area contributed by atoms with Gasteiger partial charge in [-0.2, -0.15) is 0 Å². The van der Waals surface area contributed by atoms with E-state index in [9.17, 15) is 9.90 Å². The van der Waals surface area contributed by atoms with Crippen LogP contribution in [-0.4, -0.2) is 34.9 Å². The highest BCUT2D eigenvalue weighted by Gasteiger charge is 2.32. The molecule has 0 amide bonds. The van der Waals surface area contributed by atoms with Gasteiger partial charge in [-0.1, -0.05) is 12.8 Å². The van der Waals surface area contributed by atoms with Crippen LogP contribution < -0.4 is 4.90 Å². The van der Waals surface area contributed by atoms with E-state index in [0.717, 1.165) is 43.5 Å². The number of rotatable bonds is 2. The van der Waals surface area contributed by atoms with Crippen LogP contribution in [0.4, 0.5) is 5.69 Å². The van der Waals surface area contributed by atoms with Crippen LogP contribution in [0.2, 0.25) is 0 Å². The molecule has 0 bridgehead atoms. The minimum atomic E-state index is -0.876. The largest absolute Gasteiger partial charge is 0.478 e. The lowest BCUT2D eigenvalue weighted by Crippen LogP contribution is -2.44. The summed E-state index contributed by atoms with van der Waals surface area (Å²) in [5.41, 5.74) is 2.55. The number of aliphatic hydroxyl groups excluding tert-OH is 1. The van der Waals surface area contributed by atoms with Crippen LogP contribution in [-0.2, 0) is 6.42 Å². The van der Waals surface area contributed by atoms with Crippen molar-refractivity contribution in [2.24, 2.45) is 0 Å². The van der Waals surface area contributed by atoms with Gasteiger partial charge < -0.3 is 15.1 Å². The van der Waals surface area contributed by atoms with E-state index in [0.29, 0.717) is 5.56 Å². The Bertz CT molecular complexity index is 500. The van der Waals surface area contributed by atoms with E-state index in [2.05, 4.69) is 4.90 Å². The maximum absolute atomic E-state index is 11.0. The summed E-state index contributed by atoms with van der Waals surface area (Å²) < 4.78 is 0. The van der Waals surface area contributed by atoms with Crippen molar-refractivity contribution in [1.82, 2.24) is 0 Å². The molecule has 2 atom stereocenters. The summed E-state index contributed by atoms with van der Waals surface area (Å²) in [6.45, 7) is 0.889. The number of hydrogen-bond donors (Lipinski definition) is 2. The Balaban J connectivity index is 1.87. The first kappa shape index (κ1) is 12.5. The standard InChI is InChI=1S/C15H19NO3/c17-14-4-2-1-3-13(14)16-8-7-10-9-11(15(18)19)5-6-12(10)16/h5-6,9,13-14,17H,1-4,7-8H2,(H,18,19). The fourth-order valence-corrected chi connectivity index (χ4v) is 3.36. The van der Waals surface area contributed by atoms with Crippen LogP contribution in [0.1, 0.15) is 41.6 Å². The molecule has 1 heterocycles. The van der Waals surface area contributed by atoms with Crippen molar-refractivity contribution in [1.29, 1.82) is 0 Å².